The minimum Gasteiger partial charge on any atom is -0.404 e. The third-order valence-electron chi connectivity index (χ3n) is 6.59. The van der Waals surface area contributed by atoms with Gasteiger partial charge < -0.3 is 16.0 Å². The summed E-state index contributed by atoms with van der Waals surface area (Å²) in [6.07, 6.45) is 14.3. The number of pyridine rings is 2. The molecule has 0 spiro atoms. The van der Waals surface area contributed by atoms with E-state index < -0.39 is 0 Å². The Morgan fingerprint density at radius 2 is 1.88 bits per heavy atom. The molecular formula is C32H24N8O. The number of hydrogen-bond acceptors (Lipinski definition) is 6. The summed E-state index contributed by atoms with van der Waals surface area (Å²) in [5.74, 6) is 3.06. The van der Waals surface area contributed by atoms with Gasteiger partial charge in [-0.3, -0.25) is 19.9 Å². The molecule has 0 unspecified atom stereocenters. The van der Waals surface area contributed by atoms with E-state index in [0.29, 0.717) is 34.2 Å². The van der Waals surface area contributed by atoms with Crippen LogP contribution in [0.2, 0.25) is 0 Å². The van der Waals surface area contributed by atoms with Crippen molar-refractivity contribution < 1.29 is 4.79 Å². The number of nitrogens with one attached hydrogen (secondary N) is 3. The van der Waals surface area contributed by atoms with Crippen LogP contribution >= 0.6 is 0 Å². The fourth-order valence-corrected chi connectivity index (χ4v) is 4.65. The number of imidazole rings is 1. The fourth-order valence-electron chi connectivity index (χ4n) is 4.65. The fraction of sp³-hybridized carbons (Fsp3) is 0.0312. The lowest BCUT2D eigenvalue weighted by Crippen LogP contribution is -2.14. The summed E-state index contributed by atoms with van der Waals surface area (Å²) in [5.41, 5.74) is 13.2. The Morgan fingerprint density at radius 3 is 2.66 bits per heavy atom. The maximum absolute atomic E-state index is 12.6. The molecular weight excluding hydrogens is 512 g/mol. The summed E-state index contributed by atoms with van der Waals surface area (Å²) in [6.45, 7) is 0. The Kier molecular flexibility index (Phi) is 6.78. The molecule has 1 amide bonds. The van der Waals surface area contributed by atoms with Gasteiger partial charge in [-0.1, -0.05) is 48.4 Å². The van der Waals surface area contributed by atoms with E-state index in [1.165, 1.54) is 6.20 Å². The number of nitrogens with two attached hydrogens (primary N) is 1. The molecule has 2 aromatic carbocycles. The number of anilines is 1. The van der Waals surface area contributed by atoms with E-state index in [1.54, 1.807) is 24.8 Å². The Labute approximate surface area is 235 Å². The summed E-state index contributed by atoms with van der Waals surface area (Å²) in [4.78, 5) is 29.1. The quantitative estimate of drug-likeness (QED) is 0.214. The molecule has 5 N–H and O–H groups in total. The molecule has 41 heavy (non-hydrogen) atoms. The summed E-state index contributed by atoms with van der Waals surface area (Å²) in [5, 5.41) is 11.4. The number of hydrogen-bond donors (Lipinski definition) is 4. The maximum atomic E-state index is 12.6. The van der Waals surface area contributed by atoms with Crippen LogP contribution in [0.25, 0.3) is 39.1 Å². The summed E-state index contributed by atoms with van der Waals surface area (Å²) in [7, 11) is 0. The molecule has 0 aliphatic carbocycles. The number of carbonyl (C=O) groups is 1. The molecule has 4 heterocycles. The van der Waals surface area contributed by atoms with Crippen LogP contribution in [0.1, 0.15) is 22.5 Å². The van der Waals surface area contributed by atoms with Crippen LogP contribution in [-0.4, -0.2) is 36.0 Å². The van der Waals surface area contributed by atoms with Crippen molar-refractivity contribution in [2.45, 2.75) is 6.42 Å². The van der Waals surface area contributed by atoms with Gasteiger partial charge in [-0.25, -0.2) is 4.98 Å². The van der Waals surface area contributed by atoms with Gasteiger partial charge in [0.2, 0.25) is 5.91 Å². The average molecular weight is 537 g/mol. The van der Waals surface area contributed by atoms with E-state index in [4.69, 9.17) is 17.1 Å². The number of carbonyl (C=O) groups excluding carboxylic acids is 1. The number of benzene rings is 2. The highest BCUT2D eigenvalue weighted by atomic mass is 16.1. The van der Waals surface area contributed by atoms with Crippen LogP contribution < -0.4 is 11.1 Å². The van der Waals surface area contributed by atoms with Gasteiger partial charge in [-0.05, 0) is 35.4 Å². The summed E-state index contributed by atoms with van der Waals surface area (Å²) in [6, 6.07) is 21.1. The number of amides is 1. The second-order valence-corrected chi connectivity index (χ2v) is 9.28. The molecule has 6 rings (SSSR count). The van der Waals surface area contributed by atoms with Crippen LogP contribution in [0.3, 0.4) is 0 Å². The Bertz CT molecular complexity index is 1930. The first-order chi connectivity index (χ1) is 20.1. The molecule has 0 radical (unpaired) electrons. The van der Waals surface area contributed by atoms with Crippen LogP contribution in [0.4, 0.5) is 5.69 Å². The van der Waals surface area contributed by atoms with Crippen molar-refractivity contribution in [1.82, 2.24) is 30.1 Å². The molecule has 9 nitrogen and oxygen atoms in total. The van der Waals surface area contributed by atoms with E-state index in [-0.39, 0.29) is 12.3 Å². The Hall–Kier alpha value is -6.01. The zero-order valence-corrected chi connectivity index (χ0v) is 21.8. The smallest absolute Gasteiger partial charge is 0.228 e. The highest BCUT2D eigenvalue weighted by molar-refractivity contribution is 5.96. The monoisotopic (exact) mass is 536 g/mol. The van der Waals surface area contributed by atoms with Crippen LogP contribution in [0.5, 0.6) is 0 Å². The highest BCUT2D eigenvalue weighted by Gasteiger charge is 2.19. The van der Waals surface area contributed by atoms with Gasteiger partial charge in [0.25, 0.3) is 0 Å². The average Bonchev–Trinajstić information content (AvgIpc) is 3.62. The highest BCUT2D eigenvalue weighted by Crippen LogP contribution is 2.32. The molecule has 0 saturated carbocycles. The molecule has 0 aliphatic heterocycles. The molecule has 6 aromatic rings. The van der Waals surface area contributed by atoms with Gasteiger partial charge >= 0.3 is 0 Å². The summed E-state index contributed by atoms with van der Waals surface area (Å²) < 4.78 is 0. The molecule has 0 saturated heterocycles. The lowest BCUT2D eigenvalue weighted by Gasteiger charge is -2.08. The van der Waals surface area contributed by atoms with Gasteiger partial charge in [-0.2, -0.15) is 5.10 Å². The normalized spacial score (nSPS) is 11.3. The van der Waals surface area contributed by atoms with Gasteiger partial charge in [0.1, 0.15) is 17.1 Å². The lowest BCUT2D eigenvalue weighted by atomic mass is 10.0. The first-order valence-electron chi connectivity index (χ1n) is 12.8. The van der Waals surface area contributed by atoms with Crippen molar-refractivity contribution in [3.8, 4) is 35.0 Å². The van der Waals surface area contributed by atoms with Gasteiger partial charge in [-0.15, -0.1) is 6.42 Å². The molecule has 4 aromatic heterocycles. The first-order valence-corrected chi connectivity index (χ1v) is 12.8. The van der Waals surface area contributed by atoms with Crippen LogP contribution in [0.15, 0.2) is 97.7 Å². The molecule has 0 atom stereocenters. The van der Waals surface area contributed by atoms with Crippen molar-refractivity contribution in [2.75, 3.05) is 5.32 Å². The number of nitrogens with zero attached hydrogens (tertiary/aromatic N) is 4. The van der Waals surface area contributed by atoms with Crippen molar-refractivity contribution in [1.29, 1.82) is 0 Å². The molecule has 0 fully saturated rings. The predicted octanol–water partition coefficient (Wildman–Crippen LogP) is 4.92. The minimum atomic E-state index is -0.113. The lowest BCUT2D eigenvalue weighted by molar-refractivity contribution is -0.115. The number of rotatable bonds is 7. The number of terminal acetylenes is 1. The third kappa shape index (κ3) is 5.17. The topological polar surface area (TPSA) is 138 Å². The maximum Gasteiger partial charge on any atom is 0.228 e. The molecule has 0 bridgehead atoms. The van der Waals surface area contributed by atoms with Crippen LogP contribution in [0, 0.1) is 12.3 Å². The largest absolute Gasteiger partial charge is 0.404 e. The number of H-pyrrole nitrogens is 2. The van der Waals surface area contributed by atoms with Crippen LogP contribution in [-0.2, 0) is 11.2 Å². The van der Waals surface area contributed by atoms with Crippen molar-refractivity contribution in [3.63, 3.8) is 0 Å². The standard InChI is InChI=1S/C32H24N8O/c1-2-27-30(26(16-33)22-9-6-12-34-17-22)38-32(37-27)31-25-15-21(10-11-28(25)39-40-31)23-14-24(19-35-18-23)36-29(41)13-20-7-4-3-5-8-20/h1,3-12,14-19H,13,33H2,(H,36,41)(H,37,38)(H,39,40)/b26-16-. The number of aromatic amines is 2. The van der Waals surface area contributed by atoms with Crippen molar-refractivity contribution >= 4 is 28.1 Å². The molecule has 198 valence electrons. The second-order valence-electron chi connectivity index (χ2n) is 9.28. The van der Waals surface area contributed by atoms with E-state index in [2.05, 4.69) is 36.4 Å². The van der Waals surface area contributed by atoms with Gasteiger partial charge in [0.15, 0.2) is 5.82 Å². The van der Waals surface area contributed by atoms with Crippen molar-refractivity contribution in [2.24, 2.45) is 5.73 Å². The Morgan fingerprint density at radius 1 is 1.00 bits per heavy atom. The molecule has 0 aliphatic rings. The SMILES string of the molecule is C#Cc1[nH]c(-c2n[nH]c3ccc(-c4cncc(NC(=O)Cc5ccccc5)c4)cc23)nc1/C(=C\N)c1cccnc1. The summed E-state index contributed by atoms with van der Waals surface area (Å²) >= 11 is 0. The first kappa shape index (κ1) is 25.3. The molecule has 9 heteroatoms. The van der Waals surface area contributed by atoms with Gasteiger partial charge in [0, 0.05) is 46.9 Å². The minimum absolute atomic E-state index is 0.113. The van der Waals surface area contributed by atoms with E-state index >= 15 is 0 Å². The second kappa shape index (κ2) is 11.0. The van der Waals surface area contributed by atoms with Crippen molar-refractivity contribution in [3.05, 3.63) is 120 Å². The third-order valence-corrected chi connectivity index (χ3v) is 6.59. The van der Waals surface area contributed by atoms with Gasteiger partial charge in [0.05, 0.1) is 23.8 Å². The zero-order valence-electron chi connectivity index (χ0n) is 21.8. The van der Waals surface area contributed by atoms with E-state index in [0.717, 1.165) is 33.2 Å². The predicted molar refractivity (Wildman–Crippen MR) is 159 cm³/mol. The number of fused-ring (bicyclic) bond motifs is 1. The Balaban J connectivity index is 1.31. The number of aromatic nitrogens is 6. The zero-order chi connectivity index (χ0) is 28.2. The van der Waals surface area contributed by atoms with E-state index in [1.807, 2.05) is 66.7 Å². The van der Waals surface area contributed by atoms with E-state index in [9.17, 15) is 4.79 Å².